The molecular formula is C14H11BrN2O3. The summed E-state index contributed by atoms with van der Waals surface area (Å²) < 4.78 is 12.0. The van der Waals surface area contributed by atoms with Gasteiger partial charge in [-0.3, -0.25) is 4.79 Å². The van der Waals surface area contributed by atoms with Crippen LogP contribution in [0.1, 0.15) is 24.5 Å². The van der Waals surface area contributed by atoms with Crippen molar-refractivity contribution in [2.45, 2.75) is 13.2 Å². The summed E-state index contributed by atoms with van der Waals surface area (Å²) >= 11 is 3.38. The van der Waals surface area contributed by atoms with Gasteiger partial charge in [0.2, 0.25) is 12.1 Å². The second kappa shape index (κ2) is 5.13. The molecule has 1 unspecified atom stereocenters. The van der Waals surface area contributed by atoms with Gasteiger partial charge in [0.1, 0.15) is 0 Å². The first-order valence-corrected chi connectivity index (χ1v) is 6.79. The number of hydrazone groups is 1. The first-order valence-electron chi connectivity index (χ1n) is 5.99. The summed E-state index contributed by atoms with van der Waals surface area (Å²) in [5, 5.41) is 5.49. The zero-order valence-electron chi connectivity index (χ0n) is 10.6. The van der Waals surface area contributed by atoms with E-state index in [9.17, 15) is 4.79 Å². The van der Waals surface area contributed by atoms with Gasteiger partial charge in [0, 0.05) is 17.0 Å². The van der Waals surface area contributed by atoms with E-state index in [1.807, 2.05) is 24.3 Å². The maximum Gasteiger partial charge on any atom is 0.277 e. The highest BCUT2D eigenvalue weighted by Gasteiger charge is 2.33. The summed E-state index contributed by atoms with van der Waals surface area (Å²) in [7, 11) is 0. The van der Waals surface area contributed by atoms with Crippen molar-refractivity contribution in [1.82, 2.24) is 5.01 Å². The van der Waals surface area contributed by atoms with E-state index in [0.717, 1.165) is 10.0 Å². The molecule has 0 fully saturated rings. The van der Waals surface area contributed by atoms with Crippen LogP contribution in [0, 0.1) is 0 Å². The number of benzene rings is 1. The molecule has 0 saturated carbocycles. The molecule has 0 aliphatic carbocycles. The van der Waals surface area contributed by atoms with E-state index in [-0.39, 0.29) is 5.91 Å². The van der Waals surface area contributed by atoms with Crippen molar-refractivity contribution in [3.8, 4) is 0 Å². The lowest BCUT2D eigenvalue weighted by atomic mass is 10.2. The van der Waals surface area contributed by atoms with Gasteiger partial charge in [0.25, 0.3) is 5.90 Å². The Balaban J connectivity index is 1.93. The Morgan fingerprint density at radius 3 is 2.65 bits per heavy atom. The number of rotatable bonds is 2. The van der Waals surface area contributed by atoms with Crippen LogP contribution in [0.3, 0.4) is 0 Å². The van der Waals surface area contributed by atoms with E-state index in [4.69, 9.17) is 9.15 Å². The van der Waals surface area contributed by atoms with Crippen LogP contribution in [-0.4, -0.2) is 16.8 Å². The summed E-state index contributed by atoms with van der Waals surface area (Å²) in [5.74, 6) is 0.605. The lowest BCUT2D eigenvalue weighted by Gasteiger charge is -2.19. The molecule has 1 aliphatic rings. The Hall–Kier alpha value is -2.08. The Kier molecular flexibility index (Phi) is 3.31. The minimum atomic E-state index is -0.569. The second-order valence-electron chi connectivity index (χ2n) is 4.27. The largest absolute Gasteiger partial charge is 0.459 e. The average Bonchev–Trinajstić information content (AvgIpc) is 3.08. The first-order chi connectivity index (χ1) is 9.65. The van der Waals surface area contributed by atoms with Crippen LogP contribution in [0.2, 0.25) is 0 Å². The zero-order valence-corrected chi connectivity index (χ0v) is 12.2. The van der Waals surface area contributed by atoms with E-state index in [0.29, 0.717) is 11.7 Å². The summed E-state index contributed by atoms with van der Waals surface area (Å²) in [6, 6.07) is 11.0. The van der Waals surface area contributed by atoms with Gasteiger partial charge in [-0.1, -0.05) is 28.1 Å². The van der Waals surface area contributed by atoms with Crippen LogP contribution in [0.5, 0.6) is 0 Å². The third-order valence-corrected chi connectivity index (χ3v) is 3.38. The van der Waals surface area contributed by atoms with Crippen LogP contribution in [-0.2, 0) is 9.53 Å². The Bertz CT molecular complexity index is 650. The maximum absolute atomic E-state index is 11.7. The fourth-order valence-corrected chi connectivity index (χ4v) is 2.17. The number of nitrogens with zero attached hydrogens (tertiary/aromatic N) is 2. The quantitative estimate of drug-likeness (QED) is 0.846. The minimum Gasteiger partial charge on any atom is -0.459 e. The third kappa shape index (κ3) is 2.34. The molecule has 0 saturated heterocycles. The monoisotopic (exact) mass is 334 g/mol. The SMILES string of the molecule is CC(=O)N1N=C(c2ccco2)OC1c1ccc(Br)cc1. The zero-order chi connectivity index (χ0) is 14.1. The molecule has 0 bridgehead atoms. The van der Waals surface area contributed by atoms with Gasteiger partial charge < -0.3 is 9.15 Å². The molecule has 20 heavy (non-hydrogen) atoms. The average molecular weight is 335 g/mol. The number of carbonyl (C=O) groups excluding carboxylic acids is 1. The van der Waals surface area contributed by atoms with Gasteiger partial charge in [-0.2, -0.15) is 5.01 Å². The van der Waals surface area contributed by atoms with Crippen molar-refractivity contribution in [2.24, 2.45) is 5.10 Å². The second-order valence-corrected chi connectivity index (χ2v) is 5.18. The summed E-state index contributed by atoms with van der Waals surface area (Å²) in [4.78, 5) is 11.7. The molecule has 5 nitrogen and oxygen atoms in total. The number of amides is 1. The summed E-state index contributed by atoms with van der Waals surface area (Å²) in [6.45, 7) is 1.45. The highest BCUT2D eigenvalue weighted by atomic mass is 79.9. The van der Waals surface area contributed by atoms with Crippen molar-refractivity contribution >= 4 is 27.7 Å². The molecule has 102 valence electrons. The summed E-state index contributed by atoms with van der Waals surface area (Å²) in [5.41, 5.74) is 0.841. The molecule has 2 aromatic rings. The fourth-order valence-electron chi connectivity index (χ4n) is 1.91. The Labute approximate surface area is 124 Å². The predicted molar refractivity (Wildman–Crippen MR) is 75.7 cm³/mol. The molecule has 1 amide bonds. The van der Waals surface area contributed by atoms with Crippen molar-refractivity contribution in [2.75, 3.05) is 0 Å². The molecule has 1 atom stereocenters. The number of halogens is 1. The van der Waals surface area contributed by atoms with Gasteiger partial charge in [0.05, 0.1) is 6.26 Å². The van der Waals surface area contributed by atoms with E-state index < -0.39 is 6.23 Å². The van der Waals surface area contributed by atoms with Crippen molar-refractivity contribution in [3.63, 3.8) is 0 Å². The van der Waals surface area contributed by atoms with Gasteiger partial charge in [-0.05, 0) is 24.3 Å². The number of hydrogen-bond donors (Lipinski definition) is 0. The lowest BCUT2D eigenvalue weighted by molar-refractivity contribution is -0.135. The normalized spacial score (nSPS) is 17.8. The van der Waals surface area contributed by atoms with Crippen LogP contribution >= 0.6 is 15.9 Å². The fraction of sp³-hybridized carbons (Fsp3) is 0.143. The van der Waals surface area contributed by atoms with Crippen LogP contribution in [0.25, 0.3) is 0 Å². The molecule has 0 radical (unpaired) electrons. The summed E-state index contributed by atoms with van der Waals surface area (Å²) in [6.07, 6.45) is 0.965. The topological polar surface area (TPSA) is 55.0 Å². The molecule has 2 heterocycles. The number of carbonyl (C=O) groups is 1. The molecule has 3 rings (SSSR count). The van der Waals surface area contributed by atoms with Crippen molar-refractivity contribution in [3.05, 3.63) is 58.5 Å². The molecule has 0 spiro atoms. The smallest absolute Gasteiger partial charge is 0.277 e. The Morgan fingerprint density at radius 1 is 1.30 bits per heavy atom. The van der Waals surface area contributed by atoms with Crippen LogP contribution in [0.15, 0.2) is 56.7 Å². The van der Waals surface area contributed by atoms with E-state index in [2.05, 4.69) is 21.0 Å². The minimum absolute atomic E-state index is 0.195. The highest BCUT2D eigenvalue weighted by molar-refractivity contribution is 9.10. The molecular weight excluding hydrogens is 324 g/mol. The standard InChI is InChI=1S/C14H11BrN2O3/c1-9(18)17-14(10-4-6-11(15)7-5-10)20-13(16-17)12-3-2-8-19-12/h2-8,14H,1H3. The van der Waals surface area contributed by atoms with E-state index in [1.165, 1.54) is 18.2 Å². The van der Waals surface area contributed by atoms with Gasteiger partial charge >= 0.3 is 0 Å². The van der Waals surface area contributed by atoms with Crippen molar-refractivity contribution in [1.29, 1.82) is 0 Å². The predicted octanol–water partition coefficient (Wildman–Crippen LogP) is 3.28. The van der Waals surface area contributed by atoms with E-state index in [1.54, 1.807) is 12.1 Å². The molecule has 6 heteroatoms. The van der Waals surface area contributed by atoms with Crippen LogP contribution < -0.4 is 0 Å². The lowest BCUT2D eigenvalue weighted by Crippen LogP contribution is -2.25. The van der Waals surface area contributed by atoms with Gasteiger partial charge in [-0.25, -0.2) is 0 Å². The van der Waals surface area contributed by atoms with E-state index >= 15 is 0 Å². The van der Waals surface area contributed by atoms with Gasteiger partial charge in [-0.15, -0.1) is 5.10 Å². The number of hydrogen-bond acceptors (Lipinski definition) is 4. The van der Waals surface area contributed by atoms with Gasteiger partial charge in [0.15, 0.2) is 5.76 Å². The molecule has 0 N–H and O–H groups in total. The maximum atomic E-state index is 11.7. The highest BCUT2D eigenvalue weighted by Crippen LogP contribution is 2.30. The third-order valence-electron chi connectivity index (χ3n) is 2.85. The first kappa shape index (κ1) is 12.9. The molecule has 1 aliphatic heterocycles. The molecule has 1 aromatic heterocycles. The van der Waals surface area contributed by atoms with Crippen LogP contribution in [0.4, 0.5) is 0 Å². The number of ether oxygens (including phenoxy) is 1. The number of furan rings is 1. The Morgan fingerprint density at radius 2 is 2.05 bits per heavy atom. The van der Waals surface area contributed by atoms with Crippen molar-refractivity contribution < 1.29 is 13.9 Å². The molecule has 1 aromatic carbocycles.